The van der Waals surface area contributed by atoms with Crippen LogP contribution in [0.15, 0.2) is 40.9 Å². The predicted octanol–water partition coefficient (Wildman–Crippen LogP) is 5.49. The van der Waals surface area contributed by atoms with E-state index in [9.17, 15) is 4.79 Å². The number of hydrogen-bond acceptors (Lipinski definition) is 1. The van der Waals surface area contributed by atoms with Gasteiger partial charge in [-0.05, 0) is 36.2 Å². The van der Waals surface area contributed by atoms with Gasteiger partial charge in [0.25, 0.3) is 0 Å². The smallest absolute Gasteiger partial charge is 0.167 e. The van der Waals surface area contributed by atoms with Gasteiger partial charge >= 0.3 is 0 Å². The first-order valence-corrected chi connectivity index (χ1v) is 7.26. The lowest BCUT2D eigenvalue weighted by atomic mass is 9.99. The summed E-state index contributed by atoms with van der Waals surface area (Å²) in [5.74, 6) is 0.0178. The van der Waals surface area contributed by atoms with E-state index in [2.05, 4.69) is 15.9 Å². The molecule has 0 unspecified atom stereocenters. The average molecular weight is 358 g/mol. The third-order valence-electron chi connectivity index (χ3n) is 2.93. The lowest BCUT2D eigenvalue weighted by molar-refractivity contribution is 0.0992. The highest BCUT2D eigenvalue weighted by atomic mass is 79.9. The Morgan fingerprint density at radius 2 is 1.89 bits per heavy atom. The third kappa shape index (κ3) is 3.38. The SMILES string of the molecule is Cc1c(Cl)cccc1C(=O)Cc1ccc(Br)cc1Cl. The van der Waals surface area contributed by atoms with Crippen molar-refractivity contribution in [1.29, 1.82) is 0 Å². The quantitative estimate of drug-likeness (QED) is 0.664. The summed E-state index contributed by atoms with van der Waals surface area (Å²) < 4.78 is 0.896. The number of hydrogen-bond donors (Lipinski definition) is 0. The number of benzene rings is 2. The van der Waals surface area contributed by atoms with Gasteiger partial charge in [-0.3, -0.25) is 4.79 Å². The van der Waals surface area contributed by atoms with Gasteiger partial charge in [-0.1, -0.05) is 57.3 Å². The summed E-state index contributed by atoms with van der Waals surface area (Å²) in [5.41, 5.74) is 2.27. The van der Waals surface area contributed by atoms with Crippen LogP contribution in [0.2, 0.25) is 10.0 Å². The van der Waals surface area contributed by atoms with Crippen LogP contribution in [0, 0.1) is 6.92 Å². The van der Waals surface area contributed by atoms with Crippen LogP contribution in [-0.4, -0.2) is 5.78 Å². The molecule has 0 bridgehead atoms. The molecule has 0 saturated heterocycles. The van der Waals surface area contributed by atoms with Crippen molar-refractivity contribution in [3.8, 4) is 0 Å². The minimum absolute atomic E-state index is 0.0178. The van der Waals surface area contributed by atoms with Crippen LogP contribution >= 0.6 is 39.1 Å². The second kappa shape index (κ2) is 6.08. The molecule has 0 aliphatic heterocycles. The van der Waals surface area contributed by atoms with E-state index in [0.29, 0.717) is 15.6 Å². The summed E-state index contributed by atoms with van der Waals surface area (Å²) >= 11 is 15.5. The summed E-state index contributed by atoms with van der Waals surface area (Å²) in [6.45, 7) is 1.85. The van der Waals surface area contributed by atoms with E-state index >= 15 is 0 Å². The van der Waals surface area contributed by atoms with Gasteiger partial charge in [0.2, 0.25) is 0 Å². The van der Waals surface area contributed by atoms with Crippen molar-refractivity contribution in [1.82, 2.24) is 0 Å². The van der Waals surface area contributed by atoms with Crippen LogP contribution in [0.4, 0.5) is 0 Å². The van der Waals surface area contributed by atoms with Crippen molar-refractivity contribution in [2.24, 2.45) is 0 Å². The molecule has 0 saturated carbocycles. The van der Waals surface area contributed by atoms with Crippen molar-refractivity contribution in [3.63, 3.8) is 0 Å². The van der Waals surface area contributed by atoms with Crippen molar-refractivity contribution >= 4 is 44.9 Å². The Labute approximate surface area is 130 Å². The molecule has 2 aromatic rings. The molecule has 2 rings (SSSR count). The first-order chi connectivity index (χ1) is 8.99. The molecule has 0 N–H and O–H groups in total. The van der Waals surface area contributed by atoms with Gasteiger partial charge < -0.3 is 0 Å². The molecule has 0 radical (unpaired) electrons. The zero-order chi connectivity index (χ0) is 14.0. The van der Waals surface area contributed by atoms with Crippen LogP contribution in [0.1, 0.15) is 21.5 Å². The second-order valence-corrected chi connectivity index (χ2v) is 5.98. The van der Waals surface area contributed by atoms with E-state index in [4.69, 9.17) is 23.2 Å². The fourth-order valence-corrected chi connectivity index (χ4v) is 2.76. The topological polar surface area (TPSA) is 17.1 Å². The molecule has 19 heavy (non-hydrogen) atoms. The highest BCUT2D eigenvalue weighted by molar-refractivity contribution is 9.10. The van der Waals surface area contributed by atoms with Gasteiger partial charge in [-0.15, -0.1) is 0 Å². The molecule has 0 spiro atoms. The second-order valence-electron chi connectivity index (χ2n) is 4.25. The molecule has 4 heteroatoms. The Hall–Kier alpha value is -0.830. The molecule has 0 atom stereocenters. The standard InChI is InChI=1S/C15H11BrCl2O/c1-9-12(3-2-4-13(9)17)15(19)7-10-5-6-11(16)8-14(10)18/h2-6,8H,7H2,1H3. The lowest BCUT2D eigenvalue weighted by Gasteiger charge is -2.08. The van der Waals surface area contributed by atoms with E-state index < -0.39 is 0 Å². The van der Waals surface area contributed by atoms with Gasteiger partial charge in [-0.2, -0.15) is 0 Å². The molecule has 2 aromatic carbocycles. The summed E-state index contributed by atoms with van der Waals surface area (Å²) in [6.07, 6.45) is 0.271. The van der Waals surface area contributed by atoms with Crippen LogP contribution in [0.5, 0.6) is 0 Å². The van der Waals surface area contributed by atoms with E-state index in [1.807, 2.05) is 19.1 Å². The molecule has 98 valence electrons. The molecule has 0 aliphatic rings. The van der Waals surface area contributed by atoms with Crippen LogP contribution in [0.3, 0.4) is 0 Å². The van der Waals surface area contributed by atoms with Crippen molar-refractivity contribution < 1.29 is 4.79 Å². The molecule has 0 heterocycles. The Morgan fingerprint density at radius 3 is 2.58 bits per heavy atom. The largest absolute Gasteiger partial charge is 0.294 e. The van der Waals surface area contributed by atoms with Gasteiger partial charge in [-0.25, -0.2) is 0 Å². The molecule has 1 nitrogen and oxygen atoms in total. The number of halogens is 3. The van der Waals surface area contributed by atoms with Gasteiger partial charge in [0.1, 0.15) is 0 Å². The van der Waals surface area contributed by atoms with Crippen LogP contribution < -0.4 is 0 Å². The molecule has 0 aliphatic carbocycles. The molecule has 0 amide bonds. The van der Waals surface area contributed by atoms with Crippen molar-refractivity contribution in [2.75, 3.05) is 0 Å². The number of Topliss-reactive ketones (excluding diaryl/α,β-unsaturated/α-hetero) is 1. The first kappa shape index (κ1) is 14.6. The van der Waals surface area contributed by atoms with Crippen LogP contribution in [0.25, 0.3) is 0 Å². The van der Waals surface area contributed by atoms with E-state index in [-0.39, 0.29) is 12.2 Å². The summed E-state index contributed by atoms with van der Waals surface area (Å²) in [5, 5.41) is 1.19. The summed E-state index contributed by atoms with van der Waals surface area (Å²) in [4.78, 5) is 12.3. The normalized spacial score (nSPS) is 10.5. The lowest BCUT2D eigenvalue weighted by Crippen LogP contribution is -2.06. The van der Waals surface area contributed by atoms with E-state index in [1.54, 1.807) is 24.3 Å². The predicted molar refractivity (Wildman–Crippen MR) is 83.4 cm³/mol. The monoisotopic (exact) mass is 356 g/mol. The fourth-order valence-electron chi connectivity index (χ4n) is 1.84. The zero-order valence-corrected chi connectivity index (χ0v) is 13.3. The third-order valence-corrected chi connectivity index (χ3v) is 4.19. The van der Waals surface area contributed by atoms with Gasteiger partial charge in [0, 0.05) is 26.5 Å². The Morgan fingerprint density at radius 1 is 1.16 bits per heavy atom. The van der Waals surface area contributed by atoms with Crippen LogP contribution in [-0.2, 0) is 6.42 Å². The highest BCUT2D eigenvalue weighted by Crippen LogP contribution is 2.24. The highest BCUT2D eigenvalue weighted by Gasteiger charge is 2.13. The minimum Gasteiger partial charge on any atom is -0.294 e. The minimum atomic E-state index is 0.0178. The molecular weight excluding hydrogens is 347 g/mol. The van der Waals surface area contributed by atoms with E-state index in [0.717, 1.165) is 15.6 Å². The average Bonchev–Trinajstić information content (AvgIpc) is 2.36. The molecule has 0 fully saturated rings. The summed E-state index contributed by atoms with van der Waals surface area (Å²) in [7, 11) is 0. The van der Waals surface area contributed by atoms with E-state index in [1.165, 1.54) is 0 Å². The number of carbonyl (C=O) groups excluding carboxylic acids is 1. The number of carbonyl (C=O) groups is 1. The zero-order valence-electron chi connectivity index (χ0n) is 10.2. The fraction of sp³-hybridized carbons (Fsp3) is 0.133. The van der Waals surface area contributed by atoms with Gasteiger partial charge in [0.05, 0.1) is 0 Å². The molecule has 0 aromatic heterocycles. The maximum atomic E-state index is 12.3. The maximum Gasteiger partial charge on any atom is 0.167 e. The number of rotatable bonds is 3. The van der Waals surface area contributed by atoms with Crippen molar-refractivity contribution in [2.45, 2.75) is 13.3 Å². The Balaban J connectivity index is 2.28. The van der Waals surface area contributed by atoms with Crippen molar-refractivity contribution in [3.05, 3.63) is 67.6 Å². The number of ketones is 1. The Kier molecular flexibility index (Phi) is 4.67. The Bertz CT molecular complexity index is 638. The molecular formula is C15H11BrCl2O. The first-order valence-electron chi connectivity index (χ1n) is 5.71. The maximum absolute atomic E-state index is 12.3. The van der Waals surface area contributed by atoms with Gasteiger partial charge in [0.15, 0.2) is 5.78 Å². The summed E-state index contributed by atoms with van der Waals surface area (Å²) in [6, 6.07) is 10.9.